The van der Waals surface area contributed by atoms with Crippen molar-refractivity contribution < 1.29 is 9.53 Å². The third-order valence-corrected chi connectivity index (χ3v) is 2.97. The van der Waals surface area contributed by atoms with Gasteiger partial charge >= 0.3 is 6.09 Å². The molecule has 0 aliphatic rings. The molecule has 0 saturated heterocycles. The fourth-order valence-electron chi connectivity index (χ4n) is 1.57. The third-order valence-electron chi connectivity index (χ3n) is 2.97. The molecule has 0 rings (SSSR count). The summed E-state index contributed by atoms with van der Waals surface area (Å²) in [5.41, 5.74) is -0.436. The predicted octanol–water partition coefficient (Wildman–Crippen LogP) is 3.27. The fourth-order valence-corrected chi connectivity index (χ4v) is 1.57. The molecule has 0 aromatic heterocycles. The van der Waals surface area contributed by atoms with Crippen LogP contribution in [0.2, 0.25) is 0 Å². The lowest BCUT2D eigenvalue weighted by molar-refractivity contribution is 0.0193. The first-order chi connectivity index (χ1) is 8.67. The average molecular weight is 272 g/mol. The van der Waals surface area contributed by atoms with Crippen molar-refractivity contribution >= 4 is 6.09 Å². The van der Waals surface area contributed by atoms with E-state index in [1.54, 1.807) is 4.90 Å². The van der Waals surface area contributed by atoms with Gasteiger partial charge in [-0.1, -0.05) is 20.3 Å². The second-order valence-electron chi connectivity index (χ2n) is 6.49. The summed E-state index contributed by atoms with van der Waals surface area (Å²) in [5.74, 6) is 0.675. The standard InChI is InChI=1S/C15H32N2O2/c1-8-13(4)11-16-9-10-17(12(2)3)14(18)19-15(5,6)7/h12-13,16H,8-11H2,1-7H3. The summed E-state index contributed by atoms with van der Waals surface area (Å²) in [7, 11) is 0. The number of hydrogen-bond donors (Lipinski definition) is 1. The second-order valence-corrected chi connectivity index (χ2v) is 6.49. The highest BCUT2D eigenvalue weighted by Gasteiger charge is 2.23. The maximum atomic E-state index is 12.1. The van der Waals surface area contributed by atoms with Gasteiger partial charge < -0.3 is 15.0 Å². The van der Waals surface area contributed by atoms with E-state index in [1.807, 2.05) is 34.6 Å². The lowest BCUT2D eigenvalue weighted by Crippen LogP contribution is -2.44. The molecule has 0 aromatic rings. The van der Waals surface area contributed by atoms with E-state index in [-0.39, 0.29) is 12.1 Å². The average Bonchev–Trinajstić information content (AvgIpc) is 2.25. The number of carbonyl (C=O) groups is 1. The lowest BCUT2D eigenvalue weighted by Gasteiger charge is -2.30. The molecule has 0 saturated carbocycles. The van der Waals surface area contributed by atoms with Crippen LogP contribution in [0.3, 0.4) is 0 Å². The molecule has 0 fully saturated rings. The molecule has 1 amide bonds. The van der Waals surface area contributed by atoms with Crippen molar-refractivity contribution in [3.05, 3.63) is 0 Å². The number of rotatable bonds is 7. The monoisotopic (exact) mass is 272 g/mol. The van der Waals surface area contributed by atoms with Gasteiger partial charge in [-0.3, -0.25) is 0 Å². The van der Waals surface area contributed by atoms with E-state index in [2.05, 4.69) is 19.2 Å². The zero-order valence-corrected chi connectivity index (χ0v) is 13.7. The van der Waals surface area contributed by atoms with Crippen molar-refractivity contribution in [3.8, 4) is 0 Å². The van der Waals surface area contributed by atoms with Gasteiger partial charge in [0.15, 0.2) is 0 Å². The number of ether oxygens (including phenoxy) is 1. The van der Waals surface area contributed by atoms with Crippen molar-refractivity contribution in [1.82, 2.24) is 10.2 Å². The maximum absolute atomic E-state index is 12.1. The van der Waals surface area contributed by atoms with Crippen LogP contribution in [-0.4, -0.2) is 42.3 Å². The highest BCUT2D eigenvalue weighted by Crippen LogP contribution is 2.11. The largest absolute Gasteiger partial charge is 0.444 e. The zero-order chi connectivity index (χ0) is 15.1. The van der Waals surface area contributed by atoms with Crippen LogP contribution in [0.5, 0.6) is 0 Å². The van der Waals surface area contributed by atoms with E-state index in [0.29, 0.717) is 12.5 Å². The van der Waals surface area contributed by atoms with Crippen LogP contribution >= 0.6 is 0 Å². The second kappa shape index (κ2) is 8.41. The Balaban J connectivity index is 4.16. The van der Waals surface area contributed by atoms with Crippen molar-refractivity contribution in [2.45, 2.75) is 66.5 Å². The Kier molecular flexibility index (Phi) is 8.07. The Morgan fingerprint density at radius 2 is 1.84 bits per heavy atom. The Hall–Kier alpha value is -0.770. The van der Waals surface area contributed by atoms with Gasteiger partial charge in [-0.15, -0.1) is 0 Å². The number of hydrogen-bond acceptors (Lipinski definition) is 3. The van der Waals surface area contributed by atoms with Crippen LogP contribution in [0, 0.1) is 5.92 Å². The molecule has 114 valence electrons. The van der Waals surface area contributed by atoms with Gasteiger partial charge in [0.25, 0.3) is 0 Å². The predicted molar refractivity (Wildman–Crippen MR) is 80.4 cm³/mol. The van der Waals surface area contributed by atoms with Crippen LogP contribution in [0.15, 0.2) is 0 Å². The normalized spacial score (nSPS) is 13.5. The van der Waals surface area contributed by atoms with E-state index in [1.165, 1.54) is 6.42 Å². The molecule has 0 aliphatic heterocycles. The van der Waals surface area contributed by atoms with Gasteiger partial charge in [-0.05, 0) is 47.1 Å². The Morgan fingerprint density at radius 3 is 2.26 bits per heavy atom. The van der Waals surface area contributed by atoms with Crippen LogP contribution in [-0.2, 0) is 4.74 Å². The van der Waals surface area contributed by atoms with Gasteiger partial charge in [-0.2, -0.15) is 0 Å². The molecule has 0 aliphatic carbocycles. The van der Waals surface area contributed by atoms with Crippen molar-refractivity contribution in [2.75, 3.05) is 19.6 Å². The number of nitrogens with zero attached hydrogens (tertiary/aromatic N) is 1. The minimum absolute atomic E-state index is 0.153. The summed E-state index contributed by atoms with van der Waals surface area (Å²) in [6.07, 6.45) is 0.945. The smallest absolute Gasteiger partial charge is 0.410 e. The molecule has 1 N–H and O–H groups in total. The number of carbonyl (C=O) groups excluding carboxylic acids is 1. The first kappa shape index (κ1) is 18.2. The molecule has 0 radical (unpaired) electrons. The molecule has 4 heteroatoms. The third kappa shape index (κ3) is 8.87. The van der Waals surface area contributed by atoms with Gasteiger partial charge in [0.1, 0.15) is 5.60 Å². The Labute approximate surface area is 118 Å². The molecule has 1 atom stereocenters. The van der Waals surface area contributed by atoms with Crippen molar-refractivity contribution in [1.29, 1.82) is 0 Å². The van der Waals surface area contributed by atoms with Gasteiger partial charge in [-0.25, -0.2) is 4.79 Å². The maximum Gasteiger partial charge on any atom is 0.410 e. The zero-order valence-electron chi connectivity index (χ0n) is 13.7. The van der Waals surface area contributed by atoms with Crippen LogP contribution in [0.25, 0.3) is 0 Å². The molecule has 4 nitrogen and oxygen atoms in total. The molecule has 1 unspecified atom stereocenters. The quantitative estimate of drug-likeness (QED) is 0.723. The molecule has 19 heavy (non-hydrogen) atoms. The van der Waals surface area contributed by atoms with Gasteiger partial charge in [0, 0.05) is 19.1 Å². The highest BCUT2D eigenvalue weighted by atomic mass is 16.6. The van der Waals surface area contributed by atoms with Gasteiger partial charge in [0.2, 0.25) is 0 Å². The van der Waals surface area contributed by atoms with E-state index >= 15 is 0 Å². The first-order valence-corrected chi connectivity index (χ1v) is 7.37. The highest BCUT2D eigenvalue weighted by molar-refractivity contribution is 5.68. The van der Waals surface area contributed by atoms with Crippen molar-refractivity contribution in [2.24, 2.45) is 5.92 Å². The minimum atomic E-state index is -0.436. The number of nitrogens with one attached hydrogen (secondary N) is 1. The van der Waals surface area contributed by atoms with Crippen molar-refractivity contribution in [3.63, 3.8) is 0 Å². The summed E-state index contributed by atoms with van der Waals surface area (Å²) < 4.78 is 5.42. The first-order valence-electron chi connectivity index (χ1n) is 7.37. The van der Waals surface area contributed by atoms with Crippen LogP contribution in [0.1, 0.15) is 54.9 Å². The van der Waals surface area contributed by atoms with Gasteiger partial charge in [0.05, 0.1) is 0 Å². The van der Waals surface area contributed by atoms with E-state index in [0.717, 1.165) is 13.1 Å². The summed E-state index contributed by atoms with van der Waals surface area (Å²) in [4.78, 5) is 13.8. The fraction of sp³-hybridized carbons (Fsp3) is 0.933. The minimum Gasteiger partial charge on any atom is -0.444 e. The Morgan fingerprint density at radius 1 is 1.26 bits per heavy atom. The summed E-state index contributed by atoms with van der Waals surface area (Å²) in [6, 6.07) is 0.153. The summed E-state index contributed by atoms with van der Waals surface area (Å²) in [5, 5.41) is 3.39. The topological polar surface area (TPSA) is 41.6 Å². The molecule has 0 heterocycles. The summed E-state index contributed by atoms with van der Waals surface area (Å²) in [6.45, 7) is 16.6. The van der Waals surface area contributed by atoms with E-state index in [4.69, 9.17) is 4.74 Å². The van der Waals surface area contributed by atoms with Crippen LogP contribution < -0.4 is 5.32 Å². The molecular weight excluding hydrogens is 240 g/mol. The summed E-state index contributed by atoms with van der Waals surface area (Å²) >= 11 is 0. The van der Waals surface area contributed by atoms with E-state index in [9.17, 15) is 4.79 Å². The SMILES string of the molecule is CCC(C)CNCCN(C(=O)OC(C)(C)C)C(C)C. The molecule has 0 bridgehead atoms. The number of amides is 1. The lowest BCUT2D eigenvalue weighted by atomic mass is 10.1. The molecule has 0 spiro atoms. The Bertz CT molecular complexity index is 259. The van der Waals surface area contributed by atoms with Crippen LogP contribution in [0.4, 0.5) is 4.79 Å². The molecule has 0 aromatic carbocycles. The molecular formula is C15H32N2O2. The van der Waals surface area contributed by atoms with E-state index < -0.39 is 5.60 Å².